The molecule has 0 bridgehead atoms. The lowest BCUT2D eigenvalue weighted by Crippen LogP contribution is -2.57. The second-order valence-electron chi connectivity index (χ2n) is 6.21. The van der Waals surface area contributed by atoms with Gasteiger partial charge < -0.3 is 5.11 Å². The van der Waals surface area contributed by atoms with Crippen LogP contribution < -0.4 is 0 Å². The maximum atomic E-state index is 13.5. The first kappa shape index (κ1) is 19.5. The number of carbonyl (C=O) groups is 1. The summed E-state index contributed by atoms with van der Waals surface area (Å²) in [5.41, 5.74) is -3.32. The summed E-state index contributed by atoms with van der Waals surface area (Å²) < 4.78 is 40.6. The first-order valence-electron chi connectivity index (χ1n) is 8.10. The molecular weight excluding hydrogens is 379 g/mol. The van der Waals surface area contributed by atoms with Gasteiger partial charge in [-0.05, 0) is 23.3 Å². The molecule has 2 aromatic carbocycles. The van der Waals surface area contributed by atoms with Crippen LogP contribution in [0.5, 0.6) is 0 Å². The molecule has 1 aliphatic rings. The standard InChI is InChI=1S/C18H14F3N3O4/c19-18(20,21)17(26)11-15(13-6-8-14(9-7-13)24(27)28)22-23(17)16(25)10-12-4-2-1-3-5-12/h1-9,26H,10-11H2/t17-/m1/s1. The van der Waals surface area contributed by atoms with E-state index in [2.05, 4.69) is 5.10 Å². The fourth-order valence-electron chi connectivity index (χ4n) is 2.81. The molecule has 0 saturated heterocycles. The lowest BCUT2D eigenvalue weighted by Gasteiger charge is -2.32. The SMILES string of the molecule is O=C(Cc1ccccc1)N1N=C(c2ccc([N+](=O)[O-])cc2)C[C@@]1(O)C(F)(F)F. The molecule has 1 N–H and O–H groups in total. The molecule has 7 nitrogen and oxygen atoms in total. The van der Waals surface area contributed by atoms with Crippen molar-refractivity contribution in [2.45, 2.75) is 24.7 Å². The van der Waals surface area contributed by atoms with E-state index in [0.29, 0.717) is 5.56 Å². The van der Waals surface area contributed by atoms with Gasteiger partial charge in [-0.3, -0.25) is 14.9 Å². The van der Waals surface area contributed by atoms with Crippen molar-refractivity contribution in [3.63, 3.8) is 0 Å². The Bertz CT molecular complexity index is 929. The lowest BCUT2D eigenvalue weighted by atomic mass is 10.0. The highest BCUT2D eigenvalue weighted by Crippen LogP contribution is 2.41. The Morgan fingerprint density at radius 2 is 1.79 bits per heavy atom. The molecular formula is C18H14F3N3O4. The monoisotopic (exact) mass is 393 g/mol. The third kappa shape index (κ3) is 3.58. The zero-order valence-electron chi connectivity index (χ0n) is 14.3. The number of nitro benzene ring substituents is 1. The van der Waals surface area contributed by atoms with E-state index in [1.165, 1.54) is 12.1 Å². The number of amides is 1. The molecule has 2 aromatic rings. The number of non-ortho nitro benzene ring substituents is 1. The number of hydrogen-bond donors (Lipinski definition) is 1. The summed E-state index contributed by atoms with van der Waals surface area (Å²) in [6, 6.07) is 12.8. The van der Waals surface area contributed by atoms with Crippen LogP contribution in [0.25, 0.3) is 0 Å². The van der Waals surface area contributed by atoms with Gasteiger partial charge in [-0.15, -0.1) is 0 Å². The summed E-state index contributed by atoms with van der Waals surface area (Å²) in [6.07, 6.45) is -6.50. The average molecular weight is 393 g/mol. The first-order valence-corrected chi connectivity index (χ1v) is 8.10. The molecule has 10 heteroatoms. The average Bonchev–Trinajstić information content (AvgIpc) is 3.02. The van der Waals surface area contributed by atoms with Crippen LogP contribution in [0.4, 0.5) is 18.9 Å². The number of nitro groups is 1. The van der Waals surface area contributed by atoms with Gasteiger partial charge in [0.15, 0.2) is 0 Å². The molecule has 0 fully saturated rings. The van der Waals surface area contributed by atoms with Gasteiger partial charge in [0.25, 0.3) is 11.4 Å². The number of carbonyl (C=O) groups excluding carboxylic acids is 1. The number of hydrogen-bond acceptors (Lipinski definition) is 5. The lowest BCUT2D eigenvalue weighted by molar-refractivity contribution is -0.384. The van der Waals surface area contributed by atoms with E-state index in [1.807, 2.05) is 0 Å². The van der Waals surface area contributed by atoms with Gasteiger partial charge in [0.05, 0.1) is 23.5 Å². The minimum atomic E-state index is -5.15. The largest absolute Gasteiger partial charge is 0.438 e. The molecule has 146 valence electrons. The predicted molar refractivity (Wildman–Crippen MR) is 92.2 cm³/mol. The third-order valence-electron chi connectivity index (χ3n) is 4.28. The van der Waals surface area contributed by atoms with Gasteiger partial charge in [0, 0.05) is 12.1 Å². The summed E-state index contributed by atoms with van der Waals surface area (Å²) in [4.78, 5) is 22.5. The van der Waals surface area contributed by atoms with Crippen LogP contribution in [0, 0.1) is 10.1 Å². The van der Waals surface area contributed by atoms with Gasteiger partial charge in [-0.2, -0.15) is 23.3 Å². The van der Waals surface area contributed by atoms with Gasteiger partial charge in [-0.25, -0.2) is 0 Å². The molecule has 0 unspecified atom stereocenters. The highest BCUT2D eigenvalue weighted by atomic mass is 19.4. The molecule has 0 spiro atoms. The molecule has 0 aliphatic carbocycles. The quantitative estimate of drug-likeness (QED) is 0.638. The van der Waals surface area contributed by atoms with Crippen LogP contribution in [-0.4, -0.2) is 38.6 Å². The molecule has 0 saturated carbocycles. The predicted octanol–water partition coefficient (Wildman–Crippen LogP) is 3.02. The van der Waals surface area contributed by atoms with Crippen LogP contribution in [0.1, 0.15) is 17.5 Å². The second kappa shape index (κ2) is 7.04. The molecule has 1 aliphatic heterocycles. The van der Waals surface area contributed by atoms with Gasteiger partial charge in [0.1, 0.15) is 0 Å². The summed E-state index contributed by atoms with van der Waals surface area (Å²) in [6.45, 7) is 0. The number of benzene rings is 2. The summed E-state index contributed by atoms with van der Waals surface area (Å²) >= 11 is 0. The Morgan fingerprint density at radius 1 is 1.18 bits per heavy atom. The number of hydrazone groups is 1. The van der Waals surface area contributed by atoms with Crippen LogP contribution in [-0.2, 0) is 11.2 Å². The number of nitrogens with zero attached hydrogens (tertiary/aromatic N) is 3. The fourth-order valence-corrected chi connectivity index (χ4v) is 2.81. The number of alkyl halides is 3. The van der Waals surface area contributed by atoms with Crippen molar-refractivity contribution in [2.24, 2.45) is 5.10 Å². The first-order chi connectivity index (χ1) is 13.1. The topological polar surface area (TPSA) is 96.0 Å². The summed E-state index contributed by atoms with van der Waals surface area (Å²) in [5.74, 6) is -1.03. The van der Waals surface area contributed by atoms with Gasteiger partial charge in [-0.1, -0.05) is 30.3 Å². The van der Waals surface area contributed by atoms with Crippen LogP contribution in [0.2, 0.25) is 0 Å². The van der Waals surface area contributed by atoms with Crippen molar-refractivity contribution in [3.05, 3.63) is 75.8 Å². The van der Waals surface area contributed by atoms with Crippen LogP contribution in [0.3, 0.4) is 0 Å². The number of aliphatic hydroxyl groups is 1. The summed E-state index contributed by atoms with van der Waals surface area (Å²) in [5, 5.41) is 24.7. The fraction of sp³-hybridized carbons (Fsp3) is 0.222. The van der Waals surface area contributed by atoms with Crippen LogP contribution >= 0.6 is 0 Å². The maximum absolute atomic E-state index is 13.5. The highest BCUT2D eigenvalue weighted by molar-refractivity contribution is 6.03. The zero-order chi connectivity index (χ0) is 20.5. The van der Waals surface area contributed by atoms with E-state index in [0.717, 1.165) is 12.1 Å². The molecule has 28 heavy (non-hydrogen) atoms. The summed E-state index contributed by atoms with van der Waals surface area (Å²) in [7, 11) is 0. The van der Waals surface area contributed by atoms with Crippen molar-refractivity contribution in [1.29, 1.82) is 0 Å². The van der Waals surface area contributed by atoms with E-state index < -0.39 is 29.2 Å². The smallest absolute Gasteiger partial charge is 0.362 e. The molecule has 0 aromatic heterocycles. The van der Waals surface area contributed by atoms with Gasteiger partial charge in [0.2, 0.25) is 5.91 Å². The van der Waals surface area contributed by atoms with Crippen LogP contribution in [0.15, 0.2) is 59.7 Å². The minimum Gasteiger partial charge on any atom is -0.362 e. The second-order valence-corrected chi connectivity index (χ2v) is 6.21. The van der Waals surface area contributed by atoms with E-state index in [9.17, 15) is 33.2 Å². The Morgan fingerprint density at radius 3 is 2.32 bits per heavy atom. The molecule has 1 amide bonds. The van der Waals surface area contributed by atoms with Crippen molar-refractivity contribution < 1.29 is 28.0 Å². The third-order valence-corrected chi connectivity index (χ3v) is 4.28. The van der Waals surface area contributed by atoms with E-state index in [1.54, 1.807) is 30.3 Å². The Balaban J connectivity index is 1.94. The van der Waals surface area contributed by atoms with Crippen molar-refractivity contribution >= 4 is 17.3 Å². The van der Waals surface area contributed by atoms with Crippen molar-refractivity contribution in [1.82, 2.24) is 5.01 Å². The minimum absolute atomic E-state index is 0.0523. The molecule has 0 radical (unpaired) electrons. The molecule has 3 rings (SSSR count). The van der Waals surface area contributed by atoms with E-state index >= 15 is 0 Å². The Labute approximate surface area is 156 Å². The maximum Gasteiger partial charge on any atom is 0.438 e. The Hall–Kier alpha value is -3.27. The van der Waals surface area contributed by atoms with E-state index in [-0.39, 0.29) is 28.4 Å². The normalized spacial score (nSPS) is 19.4. The van der Waals surface area contributed by atoms with Crippen molar-refractivity contribution in [2.75, 3.05) is 0 Å². The van der Waals surface area contributed by atoms with E-state index in [4.69, 9.17) is 0 Å². The highest BCUT2D eigenvalue weighted by Gasteiger charge is 2.63. The van der Waals surface area contributed by atoms with Crippen molar-refractivity contribution in [3.8, 4) is 0 Å². The number of halogens is 3. The van der Waals surface area contributed by atoms with Gasteiger partial charge >= 0.3 is 6.18 Å². The molecule has 1 atom stereocenters. The Kier molecular flexibility index (Phi) is 4.90. The molecule has 1 heterocycles. The zero-order valence-corrected chi connectivity index (χ0v) is 14.3. The number of rotatable bonds is 4.